The Bertz CT molecular complexity index is 496. The van der Waals surface area contributed by atoms with Gasteiger partial charge in [-0.15, -0.1) is 0 Å². The van der Waals surface area contributed by atoms with E-state index in [1.165, 1.54) is 4.68 Å². The minimum Gasteiger partial charge on any atom is -0.378 e. The zero-order valence-electron chi connectivity index (χ0n) is 13.1. The first kappa shape index (κ1) is 17.2. The van der Waals surface area contributed by atoms with E-state index >= 15 is 0 Å². The summed E-state index contributed by atoms with van der Waals surface area (Å²) in [6, 6.07) is 0.313. The molecule has 0 aromatic carbocycles. The Hall–Kier alpha value is -0.880. The van der Waals surface area contributed by atoms with Crippen LogP contribution >= 0.6 is 15.9 Å². The second-order valence-corrected chi connectivity index (χ2v) is 6.77. The van der Waals surface area contributed by atoms with Crippen LogP contribution in [0.4, 0.5) is 5.69 Å². The van der Waals surface area contributed by atoms with Gasteiger partial charge in [-0.05, 0) is 49.8 Å². The van der Waals surface area contributed by atoms with Crippen molar-refractivity contribution < 1.29 is 0 Å². The maximum atomic E-state index is 12.2. The molecule has 0 aliphatic heterocycles. The van der Waals surface area contributed by atoms with Gasteiger partial charge in [0.2, 0.25) is 0 Å². The fourth-order valence-corrected chi connectivity index (χ4v) is 2.33. The third-order valence-corrected chi connectivity index (χ3v) is 3.91. The molecule has 1 N–H and O–H groups in total. The fourth-order valence-electron chi connectivity index (χ4n) is 1.93. The summed E-state index contributed by atoms with van der Waals surface area (Å²) in [4.78, 5) is 14.3. The van der Waals surface area contributed by atoms with E-state index in [4.69, 9.17) is 0 Å². The molecule has 6 heteroatoms. The molecule has 0 spiro atoms. The van der Waals surface area contributed by atoms with Crippen LogP contribution in [0.3, 0.4) is 0 Å². The molecule has 0 amide bonds. The van der Waals surface area contributed by atoms with Crippen molar-refractivity contribution in [2.24, 2.45) is 5.92 Å². The molecule has 114 valence electrons. The standard InChI is InChI=1S/C14H25BrN4O/c1-9(2)12(8-18(5)6)17-11-7-16-19(10(3)4)14(20)13(11)15/h7,9-10,12,17H,8H2,1-6H3. The molecule has 0 saturated carbocycles. The van der Waals surface area contributed by atoms with Gasteiger partial charge in [0.05, 0.1) is 17.9 Å². The number of nitrogens with one attached hydrogen (secondary N) is 1. The number of nitrogens with zero attached hydrogens (tertiary/aromatic N) is 3. The van der Waals surface area contributed by atoms with E-state index in [9.17, 15) is 4.79 Å². The van der Waals surface area contributed by atoms with Crippen molar-refractivity contribution >= 4 is 21.6 Å². The Morgan fingerprint density at radius 1 is 1.35 bits per heavy atom. The highest BCUT2D eigenvalue weighted by Gasteiger charge is 2.18. The molecule has 1 heterocycles. The van der Waals surface area contributed by atoms with Crippen LogP contribution in [0.2, 0.25) is 0 Å². The zero-order chi connectivity index (χ0) is 15.4. The SMILES string of the molecule is CC(C)C(CN(C)C)Nc1cnn(C(C)C)c(=O)c1Br. The quantitative estimate of drug-likeness (QED) is 0.861. The fraction of sp³-hybridized carbons (Fsp3) is 0.714. The van der Waals surface area contributed by atoms with Crippen molar-refractivity contribution in [1.29, 1.82) is 0 Å². The maximum absolute atomic E-state index is 12.2. The number of hydrogen-bond donors (Lipinski definition) is 1. The molecule has 1 unspecified atom stereocenters. The van der Waals surface area contributed by atoms with Crippen LogP contribution < -0.4 is 10.9 Å². The molecule has 0 aliphatic rings. The lowest BCUT2D eigenvalue weighted by atomic mass is 10.0. The molecular formula is C14H25BrN4O. The Balaban J connectivity index is 3.03. The topological polar surface area (TPSA) is 50.2 Å². The minimum atomic E-state index is -0.0997. The van der Waals surface area contributed by atoms with E-state index in [0.717, 1.165) is 12.2 Å². The normalized spacial score (nSPS) is 13.3. The first-order chi connectivity index (χ1) is 9.23. The average molecular weight is 345 g/mol. The van der Waals surface area contributed by atoms with E-state index in [0.29, 0.717) is 10.4 Å². The summed E-state index contributed by atoms with van der Waals surface area (Å²) in [6.45, 7) is 9.11. The Labute approximate surface area is 129 Å². The lowest BCUT2D eigenvalue weighted by molar-refractivity contribution is 0.344. The minimum absolute atomic E-state index is 0.0514. The third-order valence-electron chi connectivity index (χ3n) is 3.14. The Morgan fingerprint density at radius 2 is 1.95 bits per heavy atom. The number of halogens is 1. The molecule has 0 bridgehead atoms. The van der Waals surface area contributed by atoms with E-state index in [1.54, 1.807) is 6.20 Å². The van der Waals surface area contributed by atoms with Crippen LogP contribution in [0.1, 0.15) is 33.7 Å². The van der Waals surface area contributed by atoms with Gasteiger partial charge in [0.1, 0.15) is 4.47 Å². The largest absolute Gasteiger partial charge is 0.378 e. The molecule has 20 heavy (non-hydrogen) atoms. The predicted octanol–water partition coefficient (Wildman–Crippen LogP) is 2.58. The van der Waals surface area contributed by atoms with Gasteiger partial charge in [-0.2, -0.15) is 5.10 Å². The van der Waals surface area contributed by atoms with E-state index in [-0.39, 0.29) is 17.6 Å². The van der Waals surface area contributed by atoms with Crippen LogP contribution in [-0.4, -0.2) is 41.4 Å². The summed E-state index contributed by atoms with van der Waals surface area (Å²) < 4.78 is 2.02. The number of rotatable bonds is 6. The molecule has 0 fully saturated rings. The van der Waals surface area contributed by atoms with Gasteiger partial charge < -0.3 is 10.2 Å². The molecule has 0 saturated heterocycles. The summed E-state index contributed by atoms with van der Waals surface area (Å²) in [5.74, 6) is 0.455. The van der Waals surface area contributed by atoms with Gasteiger partial charge in [0, 0.05) is 12.6 Å². The summed E-state index contributed by atoms with van der Waals surface area (Å²) in [6.07, 6.45) is 1.72. The number of aromatic nitrogens is 2. The molecule has 5 nitrogen and oxygen atoms in total. The summed E-state index contributed by atoms with van der Waals surface area (Å²) >= 11 is 3.39. The molecular weight excluding hydrogens is 320 g/mol. The molecule has 1 rings (SSSR count). The van der Waals surface area contributed by atoms with Gasteiger partial charge in [0.15, 0.2) is 0 Å². The number of hydrogen-bond acceptors (Lipinski definition) is 4. The molecule has 0 radical (unpaired) electrons. The van der Waals surface area contributed by atoms with Crippen molar-refractivity contribution in [3.05, 3.63) is 21.0 Å². The number of anilines is 1. The van der Waals surface area contributed by atoms with Gasteiger partial charge in [-0.1, -0.05) is 13.8 Å². The van der Waals surface area contributed by atoms with Gasteiger partial charge in [-0.25, -0.2) is 4.68 Å². The van der Waals surface area contributed by atoms with Crippen molar-refractivity contribution in [1.82, 2.24) is 14.7 Å². The van der Waals surface area contributed by atoms with Crippen LogP contribution in [-0.2, 0) is 0 Å². The zero-order valence-corrected chi connectivity index (χ0v) is 14.7. The van der Waals surface area contributed by atoms with Crippen LogP contribution in [0.5, 0.6) is 0 Å². The maximum Gasteiger partial charge on any atom is 0.283 e. The van der Waals surface area contributed by atoms with Gasteiger partial charge in [-0.3, -0.25) is 4.79 Å². The Kier molecular flexibility index (Phi) is 6.20. The first-order valence-corrected chi connectivity index (χ1v) is 7.72. The van der Waals surface area contributed by atoms with E-state index < -0.39 is 0 Å². The molecule has 0 aliphatic carbocycles. The van der Waals surface area contributed by atoms with E-state index in [1.807, 2.05) is 27.9 Å². The van der Waals surface area contributed by atoms with Crippen LogP contribution in [0.15, 0.2) is 15.5 Å². The monoisotopic (exact) mass is 344 g/mol. The van der Waals surface area contributed by atoms with Crippen LogP contribution in [0.25, 0.3) is 0 Å². The second kappa shape index (κ2) is 7.22. The van der Waals surface area contributed by atoms with Crippen LogP contribution in [0, 0.1) is 5.92 Å². The highest BCUT2D eigenvalue weighted by molar-refractivity contribution is 9.10. The number of likely N-dealkylation sites (N-methyl/N-ethyl adjacent to an activating group) is 1. The Morgan fingerprint density at radius 3 is 2.40 bits per heavy atom. The molecule has 1 aromatic heterocycles. The lowest BCUT2D eigenvalue weighted by Crippen LogP contribution is -2.37. The highest BCUT2D eigenvalue weighted by atomic mass is 79.9. The van der Waals surface area contributed by atoms with Gasteiger partial charge >= 0.3 is 0 Å². The highest BCUT2D eigenvalue weighted by Crippen LogP contribution is 2.20. The molecule has 1 atom stereocenters. The summed E-state index contributed by atoms with van der Waals surface area (Å²) in [5, 5.41) is 7.65. The third kappa shape index (κ3) is 4.31. The first-order valence-electron chi connectivity index (χ1n) is 6.92. The average Bonchev–Trinajstić information content (AvgIpc) is 2.32. The van der Waals surface area contributed by atoms with E-state index in [2.05, 4.69) is 45.1 Å². The van der Waals surface area contributed by atoms with Crippen molar-refractivity contribution in [2.45, 2.75) is 39.8 Å². The smallest absolute Gasteiger partial charge is 0.283 e. The molecule has 1 aromatic rings. The summed E-state index contributed by atoms with van der Waals surface area (Å²) in [5.41, 5.74) is 0.657. The van der Waals surface area contributed by atoms with Crippen molar-refractivity contribution in [3.8, 4) is 0 Å². The van der Waals surface area contributed by atoms with Crippen molar-refractivity contribution in [3.63, 3.8) is 0 Å². The predicted molar refractivity (Wildman–Crippen MR) is 87.4 cm³/mol. The lowest BCUT2D eigenvalue weighted by Gasteiger charge is -2.27. The summed E-state index contributed by atoms with van der Waals surface area (Å²) in [7, 11) is 4.09. The van der Waals surface area contributed by atoms with Crippen molar-refractivity contribution in [2.75, 3.05) is 26.0 Å². The van der Waals surface area contributed by atoms with Gasteiger partial charge in [0.25, 0.3) is 5.56 Å². The second-order valence-electron chi connectivity index (χ2n) is 5.97.